The van der Waals surface area contributed by atoms with Crippen LogP contribution < -0.4 is 9.47 Å². The van der Waals surface area contributed by atoms with Crippen LogP contribution in [0.15, 0.2) is 42.5 Å². The van der Waals surface area contributed by atoms with Crippen molar-refractivity contribution in [3.63, 3.8) is 0 Å². The highest BCUT2D eigenvalue weighted by atomic mass is 127. The largest absolute Gasteiger partial charge is 0.490 e. The minimum atomic E-state index is -0.914. The van der Waals surface area contributed by atoms with E-state index in [0.29, 0.717) is 11.5 Å². The van der Waals surface area contributed by atoms with Gasteiger partial charge in [-0.25, -0.2) is 0 Å². The van der Waals surface area contributed by atoms with Gasteiger partial charge in [0.2, 0.25) is 0 Å². The molecule has 204 valence electrons. The van der Waals surface area contributed by atoms with Crippen molar-refractivity contribution in [2.75, 3.05) is 25.7 Å². The summed E-state index contributed by atoms with van der Waals surface area (Å²) in [6.07, 6.45) is -2.03. The lowest BCUT2D eigenvalue weighted by Crippen LogP contribution is -2.29. The third-order valence-corrected chi connectivity index (χ3v) is 6.64. The molecule has 2 aromatic carbocycles. The van der Waals surface area contributed by atoms with E-state index in [1.54, 1.807) is 0 Å². The van der Waals surface area contributed by atoms with E-state index in [9.17, 15) is 14.7 Å². The smallest absolute Gasteiger partial charge is 0.303 e. The molecule has 0 radical (unpaired) electrons. The summed E-state index contributed by atoms with van der Waals surface area (Å²) in [7, 11) is 0. The summed E-state index contributed by atoms with van der Waals surface area (Å²) in [5.41, 5.74) is 1.87. The molecule has 0 aliphatic heterocycles. The van der Waals surface area contributed by atoms with Gasteiger partial charge in [0.25, 0.3) is 0 Å². The summed E-state index contributed by atoms with van der Waals surface area (Å²) in [4.78, 5) is 22.4. The quantitative estimate of drug-likeness (QED) is 0.135. The molecule has 0 amide bonds. The zero-order chi connectivity index (χ0) is 27.6. The molecule has 0 spiro atoms. The fraction of sp³-hybridized carbons (Fsp3) is 0.481. The Hall–Kier alpha value is -2.08. The molecule has 0 saturated carbocycles. The van der Waals surface area contributed by atoms with Crippen LogP contribution in [-0.4, -0.2) is 61.2 Å². The molecule has 0 fully saturated rings. The molecule has 1 unspecified atom stereocenters. The topological polar surface area (TPSA) is 101 Å². The average Bonchev–Trinajstić information content (AvgIpc) is 2.83. The highest BCUT2D eigenvalue weighted by Gasteiger charge is 2.25. The third kappa shape index (κ3) is 10.3. The Balaban J connectivity index is 2.05. The van der Waals surface area contributed by atoms with E-state index in [0.717, 1.165) is 14.7 Å². The Bertz CT molecular complexity index is 1030. The fourth-order valence-corrected chi connectivity index (χ4v) is 4.31. The Morgan fingerprint density at radius 1 is 0.946 bits per heavy atom. The number of carbonyl (C=O) groups is 2. The molecule has 0 aromatic heterocycles. The maximum absolute atomic E-state index is 11.3. The van der Waals surface area contributed by atoms with Gasteiger partial charge in [-0.3, -0.25) is 9.59 Å². The molecule has 0 bridgehead atoms. The van der Waals surface area contributed by atoms with E-state index in [-0.39, 0.29) is 31.1 Å². The van der Waals surface area contributed by atoms with Gasteiger partial charge in [0.05, 0.1) is 9.45 Å². The summed E-state index contributed by atoms with van der Waals surface area (Å²) in [6, 6.07) is 13.7. The van der Waals surface area contributed by atoms with Crippen LogP contribution in [0.2, 0.25) is 0 Å². The third-order valence-electron chi connectivity index (χ3n) is 5.46. The Morgan fingerprint density at radius 2 is 1.57 bits per heavy atom. The number of alkyl halides is 1. The van der Waals surface area contributed by atoms with Crippen LogP contribution in [0.5, 0.6) is 11.5 Å². The molecule has 0 saturated heterocycles. The first-order valence-corrected chi connectivity index (χ1v) is 13.4. The zero-order valence-electron chi connectivity index (χ0n) is 21.7. The summed E-state index contributed by atoms with van der Waals surface area (Å²) in [5, 5.41) is 9.40. The molecule has 1 N–H and O–H groups in total. The number of esters is 2. The molecular weight excluding hydrogens is 615 g/mol. The minimum Gasteiger partial charge on any atom is -0.490 e. The normalized spacial score (nSPS) is 13.8. The van der Waals surface area contributed by atoms with E-state index in [1.165, 1.54) is 20.8 Å². The van der Waals surface area contributed by atoms with E-state index in [4.69, 9.17) is 35.3 Å². The summed E-state index contributed by atoms with van der Waals surface area (Å²) in [6.45, 7) is 8.59. The van der Waals surface area contributed by atoms with Gasteiger partial charge in [0.15, 0.2) is 12.4 Å². The average molecular weight is 649 g/mol. The number of halogens is 2. The lowest BCUT2D eigenvalue weighted by Gasteiger charge is -2.27. The number of ether oxygens (including phenoxy) is 5. The van der Waals surface area contributed by atoms with Crippen molar-refractivity contribution in [3.05, 3.63) is 57.2 Å². The van der Waals surface area contributed by atoms with Gasteiger partial charge >= 0.3 is 11.9 Å². The Labute approximate surface area is 236 Å². The summed E-state index contributed by atoms with van der Waals surface area (Å²) in [5.74, 6) is 0.595. The zero-order valence-corrected chi connectivity index (χ0v) is 24.6. The van der Waals surface area contributed by atoms with Gasteiger partial charge < -0.3 is 28.8 Å². The predicted octanol–water partition coefficient (Wildman–Crippen LogP) is 4.83. The monoisotopic (exact) mass is 648 g/mol. The first-order valence-electron chi connectivity index (χ1n) is 11.8. The lowest BCUT2D eigenvalue weighted by molar-refractivity contribution is -0.158. The maximum atomic E-state index is 11.3. The Kier molecular flexibility index (Phi) is 12.4. The molecule has 3 atom stereocenters. The minimum absolute atomic E-state index is 0.0576. The number of hydrogen-bond donors (Lipinski definition) is 1. The predicted molar refractivity (Wildman–Crippen MR) is 148 cm³/mol. The van der Waals surface area contributed by atoms with Crippen LogP contribution in [0.25, 0.3) is 0 Å². The molecule has 8 nitrogen and oxygen atoms in total. The van der Waals surface area contributed by atoms with Crippen LogP contribution in [0.3, 0.4) is 0 Å². The lowest BCUT2D eigenvalue weighted by atomic mass is 9.78. The summed E-state index contributed by atoms with van der Waals surface area (Å²) >= 11 is 8.13. The standard InChI is InChI=1S/C27H34ClIO8/c1-17(30)33-15-24(37-19(3)32)16-34-22-9-6-20(7-10-22)27(4,5)21-8-11-26(25(29)12-21)35-14-23(13-28)36-18(2)31/h6-12,18,23-24,31H,13-16H2,1-5H3/t18?,23-,24-/m0/s1. The SMILES string of the molecule is CC(=O)OC[C@@H](COc1ccc(C(C)(C)c2ccc(OC[C@H](CCl)OC(C)O)c(I)c2)cc1)OC(C)=O. The van der Waals surface area contributed by atoms with Crippen molar-refractivity contribution in [1.29, 1.82) is 0 Å². The first kappa shape index (κ1) is 31.1. The van der Waals surface area contributed by atoms with Crippen LogP contribution in [0, 0.1) is 3.57 Å². The molecule has 10 heteroatoms. The van der Waals surface area contributed by atoms with Gasteiger partial charge in [0.1, 0.15) is 37.4 Å². The van der Waals surface area contributed by atoms with Gasteiger partial charge in [0, 0.05) is 19.3 Å². The van der Waals surface area contributed by atoms with Crippen LogP contribution in [-0.2, 0) is 29.2 Å². The number of aliphatic hydroxyl groups excluding tert-OH is 1. The second-order valence-electron chi connectivity index (χ2n) is 8.96. The Morgan fingerprint density at radius 3 is 2.11 bits per heavy atom. The van der Waals surface area contributed by atoms with E-state index >= 15 is 0 Å². The number of benzene rings is 2. The molecular formula is C27H34ClIO8. The van der Waals surface area contributed by atoms with Gasteiger partial charge in [-0.05, 0) is 64.9 Å². The van der Waals surface area contributed by atoms with Crippen molar-refractivity contribution in [3.8, 4) is 11.5 Å². The summed E-state index contributed by atoms with van der Waals surface area (Å²) < 4.78 is 28.0. The van der Waals surface area contributed by atoms with Crippen molar-refractivity contribution in [2.45, 2.75) is 58.5 Å². The maximum Gasteiger partial charge on any atom is 0.303 e. The van der Waals surface area contributed by atoms with Crippen LogP contribution in [0.4, 0.5) is 0 Å². The van der Waals surface area contributed by atoms with Gasteiger partial charge in [-0.2, -0.15) is 0 Å². The molecule has 0 aliphatic rings. The van der Waals surface area contributed by atoms with Crippen molar-refractivity contribution >= 4 is 46.1 Å². The highest BCUT2D eigenvalue weighted by molar-refractivity contribution is 14.1. The molecule has 37 heavy (non-hydrogen) atoms. The molecule has 2 aromatic rings. The first-order chi connectivity index (χ1) is 17.4. The van der Waals surface area contributed by atoms with E-state index < -0.39 is 30.4 Å². The van der Waals surface area contributed by atoms with Gasteiger partial charge in [-0.15, -0.1) is 11.6 Å². The highest BCUT2D eigenvalue weighted by Crippen LogP contribution is 2.35. The number of carbonyl (C=O) groups excluding carboxylic acids is 2. The van der Waals surface area contributed by atoms with Crippen molar-refractivity contribution < 1.29 is 38.4 Å². The van der Waals surface area contributed by atoms with Crippen molar-refractivity contribution in [2.24, 2.45) is 0 Å². The fourth-order valence-electron chi connectivity index (χ4n) is 3.47. The number of rotatable bonds is 14. The second-order valence-corrected chi connectivity index (χ2v) is 10.4. The van der Waals surface area contributed by atoms with Crippen LogP contribution >= 0.6 is 34.2 Å². The number of aliphatic hydroxyl groups is 1. The van der Waals surface area contributed by atoms with Crippen molar-refractivity contribution in [1.82, 2.24) is 0 Å². The van der Waals surface area contributed by atoms with Gasteiger partial charge in [-0.1, -0.05) is 32.0 Å². The molecule has 0 aliphatic carbocycles. The number of hydrogen-bond acceptors (Lipinski definition) is 8. The van der Waals surface area contributed by atoms with Crippen LogP contribution in [0.1, 0.15) is 45.7 Å². The molecule has 0 heterocycles. The van der Waals surface area contributed by atoms with E-state index in [1.807, 2.05) is 36.4 Å². The molecule has 2 rings (SSSR count). The van der Waals surface area contributed by atoms with E-state index in [2.05, 4.69) is 42.5 Å². The second kappa shape index (κ2) is 14.8.